The first-order valence-electron chi connectivity index (χ1n) is 3.85. The first-order valence-corrected chi connectivity index (χ1v) is 3.85. The van der Waals surface area contributed by atoms with Gasteiger partial charge in [-0.3, -0.25) is 0 Å². The number of hydrogen-bond donors (Lipinski definition) is 1. The van der Waals surface area contributed by atoms with Crippen molar-refractivity contribution < 1.29 is 19.4 Å². The van der Waals surface area contributed by atoms with Crippen molar-refractivity contribution >= 4 is 5.97 Å². The van der Waals surface area contributed by atoms with Gasteiger partial charge >= 0.3 is 5.97 Å². The van der Waals surface area contributed by atoms with Crippen LogP contribution in [0.4, 0.5) is 0 Å². The third kappa shape index (κ3) is 2.64. The monoisotopic (exact) mass is 172 g/mol. The number of carbonyl (C=O) groups excluding carboxylic acids is 1. The fraction of sp³-hybridized carbons (Fsp3) is 0.625. The number of aliphatic hydroxyl groups excluding tert-OH is 1. The molecule has 0 bridgehead atoms. The minimum Gasteiger partial charge on any atom is -0.432 e. The molecule has 0 aromatic carbocycles. The van der Waals surface area contributed by atoms with E-state index in [9.17, 15) is 4.79 Å². The molecule has 2 unspecified atom stereocenters. The number of aliphatic hydroxyl groups is 1. The maximum Gasteiger partial charge on any atom is 0.332 e. The van der Waals surface area contributed by atoms with E-state index < -0.39 is 18.4 Å². The Balaban J connectivity index is 2.27. The Morgan fingerprint density at radius 2 is 2.50 bits per heavy atom. The van der Waals surface area contributed by atoms with E-state index in [1.165, 1.54) is 6.08 Å². The highest BCUT2D eigenvalue weighted by atomic mass is 16.7. The lowest BCUT2D eigenvalue weighted by molar-refractivity contribution is -0.163. The van der Waals surface area contributed by atoms with Gasteiger partial charge in [0.2, 0.25) is 6.29 Å². The molecule has 0 spiro atoms. The highest BCUT2D eigenvalue weighted by molar-refractivity contribution is 5.81. The Bertz CT molecular complexity index is 187. The van der Waals surface area contributed by atoms with Gasteiger partial charge in [-0.05, 0) is 6.92 Å². The second-order valence-corrected chi connectivity index (χ2v) is 2.59. The van der Waals surface area contributed by atoms with Gasteiger partial charge < -0.3 is 14.6 Å². The van der Waals surface area contributed by atoms with Crippen LogP contribution in [0.1, 0.15) is 13.3 Å². The summed E-state index contributed by atoms with van der Waals surface area (Å²) in [4.78, 5) is 10.8. The van der Waals surface area contributed by atoms with Gasteiger partial charge in [-0.15, -0.1) is 0 Å². The minimum atomic E-state index is -0.580. The van der Waals surface area contributed by atoms with Gasteiger partial charge in [0.25, 0.3) is 0 Å². The molecule has 0 radical (unpaired) electrons. The highest BCUT2D eigenvalue weighted by Crippen LogP contribution is 2.14. The van der Waals surface area contributed by atoms with Crippen molar-refractivity contribution in [3.63, 3.8) is 0 Å². The van der Waals surface area contributed by atoms with Crippen LogP contribution in [0.2, 0.25) is 0 Å². The molecule has 2 atom stereocenters. The van der Waals surface area contributed by atoms with Crippen molar-refractivity contribution in [3.05, 3.63) is 12.2 Å². The molecule has 0 aromatic heterocycles. The zero-order chi connectivity index (χ0) is 8.97. The maximum atomic E-state index is 10.8. The molecule has 1 N–H and O–H groups in total. The van der Waals surface area contributed by atoms with Gasteiger partial charge in [-0.1, -0.05) is 6.08 Å². The van der Waals surface area contributed by atoms with Crippen LogP contribution in [0.5, 0.6) is 0 Å². The zero-order valence-electron chi connectivity index (χ0n) is 6.90. The quantitative estimate of drug-likeness (QED) is 0.478. The Hall–Kier alpha value is -0.870. The second kappa shape index (κ2) is 4.23. The first kappa shape index (κ1) is 9.22. The van der Waals surface area contributed by atoms with E-state index >= 15 is 0 Å². The smallest absolute Gasteiger partial charge is 0.332 e. The van der Waals surface area contributed by atoms with Crippen LogP contribution in [-0.4, -0.2) is 30.1 Å². The molecule has 1 rings (SSSR count). The molecule has 4 heteroatoms. The molecule has 1 aliphatic heterocycles. The molecule has 1 heterocycles. The summed E-state index contributed by atoms with van der Waals surface area (Å²) in [5, 5.41) is 9.01. The summed E-state index contributed by atoms with van der Waals surface area (Å²) >= 11 is 0. The van der Waals surface area contributed by atoms with Gasteiger partial charge in [-0.25, -0.2) is 4.79 Å². The molecule has 68 valence electrons. The number of hydrogen-bond acceptors (Lipinski definition) is 4. The number of ether oxygens (including phenoxy) is 2. The number of allylic oxidation sites excluding steroid dienone is 1. The molecular weight excluding hydrogens is 160 g/mol. The van der Waals surface area contributed by atoms with Crippen molar-refractivity contribution in [1.82, 2.24) is 0 Å². The SMILES string of the molecule is CC=CC(=O)OC1CC(O)CO1. The van der Waals surface area contributed by atoms with Crippen LogP contribution in [0.3, 0.4) is 0 Å². The van der Waals surface area contributed by atoms with E-state index in [1.807, 2.05) is 0 Å². The topological polar surface area (TPSA) is 55.8 Å². The summed E-state index contributed by atoms with van der Waals surface area (Å²) in [6.07, 6.45) is 2.18. The van der Waals surface area contributed by atoms with E-state index in [4.69, 9.17) is 14.6 Å². The normalized spacial score (nSPS) is 29.5. The van der Waals surface area contributed by atoms with Gasteiger partial charge in [0.1, 0.15) is 0 Å². The molecule has 0 aromatic rings. The van der Waals surface area contributed by atoms with Crippen molar-refractivity contribution in [1.29, 1.82) is 0 Å². The van der Waals surface area contributed by atoms with Gasteiger partial charge in [0, 0.05) is 12.5 Å². The summed E-state index contributed by atoms with van der Waals surface area (Å²) in [5.41, 5.74) is 0. The maximum absolute atomic E-state index is 10.8. The Kier molecular flexibility index (Phi) is 3.25. The fourth-order valence-corrected chi connectivity index (χ4v) is 0.964. The van der Waals surface area contributed by atoms with Crippen LogP contribution in [0.15, 0.2) is 12.2 Å². The summed E-state index contributed by atoms with van der Waals surface area (Å²) in [6, 6.07) is 0. The number of esters is 1. The Morgan fingerprint density at radius 3 is 3.00 bits per heavy atom. The van der Waals surface area contributed by atoms with Crippen molar-refractivity contribution in [3.8, 4) is 0 Å². The van der Waals surface area contributed by atoms with Gasteiger partial charge in [-0.2, -0.15) is 0 Å². The van der Waals surface area contributed by atoms with Crippen LogP contribution < -0.4 is 0 Å². The van der Waals surface area contributed by atoms with E-state index in [2.05, 4.69) is 0 Å². The second-order valence-electron chi connectivity index (χ2n) is 2.59. The molecule has 0 saturated carbocycles. The average molecular weight is 172 g/mol. The Labute approximate surface area is 70.8 Å². The third-order valence-electron chi connectivity index (χ3n) is 1.49. The third-order valence-corrected chi connectivity index (χ3v) is 1.49. The van der Waals surface area contributed by atoms with Crippen molar-refractivity contribution in [2.75, 3.05) is 6.61 Å². The predicted molar refractivity (Wildman–Crippen MR) is 41.3 cm³/mol. The number of carbonyl (C=O) groups is 1. The average Bonchev–Trinajstić information content (AvgIpc) is 2.36. The standard InChI is InChI=1S/C8H12O4/c1-2-3-7(10)12-8-4-6(9)5-11-8/h2-3,6,8-9H,4-5H2,1H3. The van der Waals surface area contributed by atoms with E-state index in [-0.39, 0.29) is 6.61 Å². The first-order chi connectivity index (χ1) is 5.72. The molecule has 1 aliphatic rings. The molecule has 0 amide bonds. The van der Waals surface area contributed by atoms with E-state index in [0.717, 1.165) is 0 Å². The molecule has 4 nitrogen and oxygen atoms in total. The lowest BCUT2D eigenvalue weighted by Crippen LogP contribution is -2.15. The van der Waals surface area contributed by atoms with Crippen molar-refractivity contribution in [2.24, 2.45) is 0 Å². The lowest BCUT2D eigenvalue weighted by atomic mass is 10.3. The lowest BCUT2D eigenvalue weighted by Gasteiger charge is -2.07. The zero-order valence-corrected chi connectivity index (χ0v) is 6.90. The van der Waals surface area contributed by atoms with Crippen LogP contribution in [-0.2, 0) is 14.3 Å². The van der Waals surface area contributed by atoms with Crippen LogP contribution in [0, 0.1) is 0 Å². The summed E-state index contributed by atoms with van der Waals surface area (Å²) in [7, 11) is 0. The molecule has 1 saturated heterocycles. The number of rotatable bonds is 2. The molecular formula is C8H12O4. The molecule has 1 fully saturated rings. The highest BCUT2D eigenvalue weighted by Gasteiger charge is 2.25. The van der Waals surface area contributed by atoms with Crippen LogP contribution >= 0.6 is 0 Å². The summed E-state index contributed by atoms with van der Waals surface area (Å²) in [5.74, 6) is -0.434. The minimum absolute atomic E-state index is 0.244. The van der Waals surface area contributed by atoms with Gasteiger partial charge in [0.15, 0.2) is 0 Å². The largest absolute Gasteiger partial charge is 0.432 e. The summed E-state index contributed by atoms with van der Waals surface area (Å²) in [6.45, 7) is 1.97. The molecule has 12 heavy (non-hydrogen) atoms. The summed E-state index contributed by atoms with van der Waals surface area (Å²) < 4.78 is 9.77. The molecule has 0 aliphatic carbocycles. The fourth-order valence-electron chi connectivity index (χ4n) is 0.964. The Morgan fingerprint density at radius 1 is 1.75 bits per heavy atom. The predicted octanol–water partition coefficient (Wildman–Crippen LogP) is 0.213. The van der Waals surface area contributed by atoms with Gasteiger partial charge in [0.05, 0.1) is 12.7 Å². The van der Waals surface area contributed by atoms with E-state index in [1.54, 1.807) is 13.0 Å². The van der Waals surface area contributed by atoms with Crippen molar-refractivity contribution in [2.45, 2.75) is 25.7 Å². The van der Waals surface area contributed by atoms with E-state index in [0.29, 0.717) is 6.42 Å². The van der Waals surface area contributed by atoms with Crippen LogP contribution in [0.25, 0.3) is 0 Å².